The van der Waals surface area contributed by atoms with Gasteiger partial charge in [0, 0.05) is 17.1 Å². The smallest absolute Gasteiger partial charge is 0.318 e. The van der Waals surface area contributed by atoms with E-state index >= 15 is 0 Å². The number of aromatic nitrogens is 1. The molecule has 4 heteroatoms. The highest BCUT2D eigenvalue weighted by Crippen LogP contribution is 2.20. The minimum Gasteiger partial charge on any atom is -0.393 e. The molecule has 4 nitrogen and oxygen atoms in total. The topological polar surface area (TPSA) is 59.2 Å². The Kier molecular flexibility index (Phi) is 3.42. The molecule has 2 aromatic rings. The largest absolute Gasteiger partial charge is 0.393 e. The van der Waals surface area contributed by atoms with Gasteiger partial charge in [-0.05, 0) is 32.4 Å². The predicted octanol–water partition coefficient (Wildman–Crippen LogP) is 2.83. The summed E-state index contributed by atoms with van der Waals surface area (Å²) in [4.78, 5) is 26.5. The first-order chi connectivity index (χ1) is 8.88. The lowest BCUT2D eigenvalue weighted by Crippen LogP contribution is -2.26. The van der Waals surface area contributed by atoms with Crippen LogP contribution in [0.2, 0.25) is 0 Å². The SMILES string of the molecule is CC(C)(C)C(=O)OC(=O)Cc1c[nH]c2ccccc12. The van der Waals surface area contributed by atoms with Crippen molar-refractivity contribution in [2.45, 2.75) is 27.2 Å². The van der Waals surface area contributed by atoms with E-state index in [1.165, 1.54) is 0 Å². The van der Waals surface area contributed by atoms with E-state index in [-0.39, 0.29) is 6.42 Å². The van der Waals surface area contributed by atoms with Crippen LogP contribution in [-0.2, 0) is 20.7 Å². The van der Waals surface area contributed by atoms with Crippen molar-refractivity contribution in [1.82, 2.24) is 4.98 Å². The van der Waals surface area contributed by atoms with Crippen molar-refractivity contribution in [3.05, 3.63) is 36.0 Å². The number of esters is 2. The van der Waals surface area contributed by atoms with Crippen LogP contribution in [-0.4, -0.2) is 16.9 Å². The maximum absolute atomic E-state index is 11.8. The predicted molar refractivity (Wildman–Crippen MR) is 72.6 cm³/mol. The van der Waals surface area contributed by atoms with E-state index in [0.717, 1.165) is 16.5 Å². The first-order valence-corrected chi connectivity index (χ1v) is 6.18. The Hall–Kier alpha value is -2.10. The van der Waals surface area contributed by atoms with Gasteiger partial charge in [0.05, 0.1) is 11.8 Å². The fourth-order valence-corrected chi connectivity index (χ4v) is 1.73. The zero-order valence-electron chi connectivity index (χ0n) is 11.3. The van der Waals surface area contributed by atoms with Gasteiger partial charge in [0.1, 0.15) is 0 Å². The lowest BCUT2D eigenvalue weighted by Gasteiger charge is -2.15. The molecule has 0 saturated carbocycles. The minimum atomic E-state index is -0.671. The van der Waals surface area contributed by atoms with E-state index < -0.39 is 17.4 Å². The standard InChI is InChI=1S/C15H17NO3/c1-15(2,3)14(18)19-13(17)8-10-9-16-12-7-5-4-6-11(10)12/h4-7,9,16H,8H2,1-3H3. The zero-order valence-corrected chi connectivity index (χ0v) is 11.3. The van der Waals surface area contributed by atoms with Gasteiger partial charge < -0.3 is 9.72 Å². The van der Waals surface area contributed by atoms with E-state index in [4.69, 9.17) is 4.74 Å². The van der Waals surface area contributed by atoms with Crippen LogP contribution < -0.4 is 0 Å². The Morgan fingerprint density at radius 3 is 2.58 bits per heavy atom. The normalized spacial score (nSPS) is 11.5. The summed E-state index contributed by atoms with van der Waals surface area (Å²) in [5.74, 6) is -1.03. The monoisotopic (exact) mass is 259 g/mol. The molecule has 0 aliphatic rings. The lowest BCUT2D eigenvalue weighted by molar-refractivity contribution is -0.165. The highest BCUT2D eigenvalue weighted by molar-refractivity contribution is 5.92. The number of carbonyl (C=O) groups excluding carboxylic acids is 2. The van der Waals surface area contributed by atoms with Crippen molar-refractivity contribution in [3.63, 3.8) is 0 Å². The lowest BCUT2D eigenvalue weighted by atomic mass is 9.97. The van der Waals surface area contributed by atoms with Gasteiger partial charge in [0.15, 0.2) is 0 Å². The number of hydrogen-bond acceptors (Lipinski definition) is 3. The Morgan fingerprint density at radius 1 is 1.21 bits per heavy atom. The van der Waals surface area contributed by atoms with Crippen LogP contribution in [0.1, 0.15) is 26.3 Å². The van der Waals surface area contributed by atoms with Crippen LogP contribution >= 0.6 is 0 Å². The maximum atomic E-state index is 11.8. The van der Waals surface area contributed by atoms with Gasteiger partial charge in [-0.1, -0.05) is 18.2 Å². The van der Waals surface area contributed by atoms with Crippen LogP contribution in [0.4, 0.5) is 0 Å². The number of nitrogens with one attached hydrogen (secondary N) is 1. The molecule has 1 N–H and O–H groups in total. The Labute approximate surface area is 111 Å². The first-order valence-electron chi connectivity index (χ1n) is 6.18. The molecule has 0 radical (unpaired) electrons. The fraction of sp³-hybridized carbons (Fsp3) is 0.333. The van der Waals surface area contributed by atoms with Crippen molar-refractivity contribution < 1.29 is 14.3 Å². The molecule has 19 heavy (non-hydrogen) atoms. The third-order valence-electron chi connectivity index (χ3n) is 2.83. The first kappa shape index (κ1) is 13.3. The molecular weight excluding hydrogens is 242 g/mol. The molecule has 1 heterocycles. The van der Waals surface area contributed by atoms with Crippen molar-refractivity contribution in [2.24, 2.45) is 5.41 Å². The molecule has 0 bridgehead atoms. The Bertz CT molecular complexity index is 620. The van der Waals surface area contributed by atoms with Crippen LogP contribution in [0.15, 0.2) is 30.5 Å². The van der Waals surface area contributed by atoms with Gasteiger partial charge in [-0.15, -0.1) is 0 Å². The molecule has 100 valence electrons. The second kappa shape index (κ2) is 4.88. The summed E-state index contributed by atoms with van der Waals surface area (Å²) in [5, 5.41) is 0.975. The highest BCUT2D eigenvalue weighted by Gasteiger charge is 2.26. The van der Waals surface area contributed by atoms with E-state index in [2.05, 4.69) is 4.98 Å². The summed E-state index contributed by atoms with van der Waals surface area (Å²) in [7, 11) is 0. The minimum absolute atomic E-state index is 0.0891. The summed E-state index contributed by atoms with van der Waals surface area (Å²) in [6.07, 6.45) is 1.86. The van der Waals surface area contributed by atoms with E-state index in [1.54, 1.807) is 27.0 Å². The highest BCUT2D eigenvalue weighted by atomic mass is 16.6. The van der Waals surface area contributed by atoms with Gasteiger partial charge in [-0.2, -0.15) is 0 Å². The van der Waals surface area contributed by atoms with Gasteiger partial charge in [-0.25, -0.2) is 0 Å². The molecule has 0 saturated heterocycles. The summed E-state index contributed by atoms with van der Waals surface area (Å²) < 4.78 is 4.85. The molecule has 2 rings (SSSR count). The third-order valence-corrected chi connectivity index (χ3v) is 2.83. The third kappa shape index (κ3) is 3.02. The number of aromatic amines is 1. The summed E-state index contributed by atoms with van der Waals surface area (Å²) in [6, 6.07) is 7.69. The molecule has 0 unspecified atom stereocenters. The van der Waals surface area contributed by atoms with Crippen LogP contribution in [0, 0.1) is 5.41 Å². The average Bonchev–Trinajstić information content (AvgIpc) is 2.71. The quantitative estimate of drug-likeness (QED) is 0.666. The summed E-state index contributed by atoms with van der Waals surface area (Å²) in [5.41, 5.74) is 1.13. The molecule has 0 amide bonds. The maximum Gasteiger partial charge on any atom is 0.318 e. The number of H-pyrrole nitrogens is 1. The molecule has 1 aromatic carbocycles. The molecule has 0 fully saturated rings. The van der Waals surface area contributed by atoms with Crippen LogP contribution in [0.25, 0.3) is 10.9 Å². The second-order valence-corrected chi connectivity index (χ2v) is 5.55. The fourth-order valence-electron chi connectivity index (χ4n) is 1.73. The van der Waals surface area contributed by atoms with Crippen molar-refractivity contribution >= 4 is 22.8 Å². The number of hydrogen-bond donors (Lipinski definition) is 1. The number of carbonyl (C=O) groups is 2. The Balaban J connectivity index is 2.09. The molecule has 0 aliphatic heterocycles. The van der Waals surface area contributed by atoms with E-state index in [1.807, 2.05) is 24.3 Å². The number of para-hydroxylation sites is 1. The summed E-state index contributed by atoms with van der Waals surface area (Å²) in [6.45, 7) is 5.15. The van der Waals surface area contributed by atoms with Gasteiger partial charge >= 0.3 is 11.9 Å². The van der Waals surface area contributed by atoms with Crippen molar-refractivity contribution in [1.29, 1.82) is 0 Å². The van der Waals surface area contributed by atoms with Crippen molar-refractivity contribution in [3.8, 4) is 0 Å². The number of benzene rings is 1. The zero-order chi connectivity index (χ0) is 14.0. The molecule has 0 spiro atoms. The Morgan fingerprint density at radius 2 is 1.89 bits per heavy atom. The van der Waals surface area contributed by atoms with E-state index in [9.17, 15) is 9.59 Å². The van der Waals surface area contributed by atoms with Crippen molar-refractivity contribution in [2.75, 3.05) is 0 Å². The number of rotatable bonds is 2. The summed E-state index contributed by atoms with van der Waals surface area (Å²) >= 11 is 0. The average molecular weight is 259 g/mol. The van der Waals surface area contributed by atoms with Crippen LogP contribution in [0.3, 0.4) is 0 Å². The van der Waals surface area contributed by atoms with Gasteiger partial charge in [0.2, 0.25) is 0 Å². The molecule has 0 aliphatic carbocycles. The van der Waals surface area contributed by atoms with Gasteiger partial charge in [-0.3, -0.25) is 9.59 Å². The molecular formula is C15H17NO3. The molecule has 1 aromatic heterocycles. The van der Waals surface area contributed by atoms with E-state index in [0.29, 0.717) is 0 Å². The van der Waals surface area contributed by atoms with Gasteiger partial charge in [0.25, 0.3) is 0 Å². The number of ether oxygens (including phenoxy) is 1. The van der Waals surface area contributed by atoms with Crippen LogP contribution in [0.5, 0.6) is 0 Å². The number of fused-ring (bicyclic) bond motifs is 1. The molecule has 0 atom stereocenters. The second-order valence-electron chi connectivity index (χ2n) is 5.55.